The van der Waals surface area contributed by atoms with Gasteiger partial charge in [-0.25, -0.2) is 0 Å². The Labute approximate surface area is 145 Å². The summed E-state index contributed by atoms with van der Waals surface area (Å²) in [6.07, 6.45) is 14.9. The summed E-state index contributed by atoms with van der Waals surface area (Å²) in [7, 11) is 0. The van der Waals surface area contributed by atoms with Gasteiger partial charge in [0.15, 0.2) is 0 Å². The molecule has 0 aliphatic rings. The number of allylic oxidation sites excluding steroid dienone is 2. The fraction of sp³-hybridized carbons (Fsp3) is 0.684. The lowest BCUT2D eigenvalue weighted by Gasteiger charge is -2.03. The Balaban J connectivity index is 3.54. The van der Waals surface area contributed by atoms with Crippen molar-refractivity contribution in [1.82, 2.24) is 5.32 Å². The lowest BCUT2D eigenvalue weighted by atomic mass is 10.1. The molecule has 0 unspecified atom stereocenters. The molecule has 0 radical (unpaired) electrons. The van der Waals surface area contributed by atoms with Crippen LogP contribution in [0.15, 0.2) is 24.3 Å². The molecule has 0 aromatic heterocycles. The summed E-state index contributed by atoms with van der Waals surface area (Å²) in [5.41, 5.74) is 0. The number of aliphatic hydroxyl groups excluding tert-OH is 1. The van der Waals surface area contributed by atoms with Gasteiger partial charge in [0.05, 0.1) is 6.10 Å². The Morgan fingerprint density at radius 2 is 1.71 bits per heavy atom. The molecule has 24 heavy (non-hydrogen) atoms. The Kier molecular flexibility index (Phi) is 15.1. The molecule has 0 spiro atoms. The Morgan fingerprint density at radius 1 is 1.00 bits per heavy atom. The summed E-state index contributed by atoms with van der Waals surface area (Å²) in [5.74, 6) is -0.747. The molecule has 0 bridgehead atoms. The largest absolute Gasteiger partial charge is 0.481 e. The highest BCUT2D eigenvalue weighted by Gasteiger charge is 2.00. The van der Waals surface area contributed by atoms with Crippen molar-refractivity contribution >= 4 is 11.9 Å². The lowest BCUT2D eigenvalue weighted by molar-refractivity contribution is -0.137. The molecule has 0 aliphatic heterocycles. The first kappa shape index (κ1) is 22.4. The second-order valence-electron chi connectivity index (χ2n) is 5.99. The van der Waals surface area contributed by atoms with Crippen LogP contribution in [0.3, 0.4) is 0 Å². The van der Waals surface area contributed by atoms with Crippen LogP contribution in [-0.2, 0) is 9.59 Å². The normalized spacial score (nSPS) is 12.8. The SMILES string of the molecule is CCCCC[C@H](O)/C=C/C=C\CNC(=O)CCCCCCC(=O)O. The number of unbranched alkanes of at least 4 members (excludes halogenated alkanes) is 5. The Hall–Kier alpha value is -1.62. The molecular weight excluding hydrogens is 306 g/mol. The maximum Gasteiger partial charge on any atom is 0.303 e. The number of nitrogens with one attached hydrogen (secondary N) is 1. The highest BCUT2D eigenvalue weighted by molar-refractivity contribution is 5.75. The number of aliphatic hydroxyl groups is 1. The number of carbonyl (C=O) groups excluding carboxylic acids is 1. The molecule has 0 heterocycles. The zero-order valence-corrected chi connectivity index (χ0v) is 14.9. The van der Waals surface area contributed by atoms with E-state index >= 15 is 0 Å². The molecule has 138 valence electrons. The van der Waals surface area contributed by atoms with Crippen LogP contribution >= 0.6 is 0 Å². The van der Waals surface area contributed by atoms with E-state index in [1.807, 2.05) is 18.2 Å². The molecule has 0 aromatic rings. The summed E-state index contributed by atoms with van der Waals surface area (Å²) in [5, 5.41) is 21.0. The first-order chi connectivity index (χ1) is 11.6. The first-order valence-electron chi connectivity index (χ1n) is 9.06. The number of carboxylic acid groups (broad SMARTS) is 1. The molecule has 3 N–H and O–H groups in total. The third kappa shape index (κ3) is 16.7. The summed E-state index contributed by atoms with van der Waals surface area (Å²) in [6, 6.07) is 0. The Bertz CT molecular complexity index is 391. The zero-order chi connectivity index (χ0) is 18.0. The van der Waals surface area contributed by atoms with E-state index in [4.69, 9.17) is 5.11 Å². The molecule has 0 rings (SSSR count). The van der Waals surface area contributed by atoms with Crippen molar-refractivity contribution in [2.24, 2.45) is 0 Å². The van der Waals surface area contributed by atoms with Crippen molar-refractivity contribution < 1.29 is 19.8 Å². The predicted molar refractivity (Wildman–Crippen MR) is 96.8 cm³/mol. The van der Waals surface area contributed by atoms with Crippen molar-refractivity contribution in [3.8, 4) is 0 Å². The van der Waals surface area contributed by atoms with E-state index in [1.54, 1.807) is 6.08 Å². The predicted octanol–water partition coefficient (Wildman–Crippen LogP) is 3.58. The number of carbonyl (C=O) groups is 2. The number of aliphatic carboxylic acids is 1. The molecule has 0 saturated heterocycles. The molecule has 0 aliphatic carbocycles. The number of carboxylic acids is 1. The van der Waals surface area contributed by atoms with Crippen LogP contribution in [-0.4, -0.2) is 34.7 Å². The minimum Gasteiger partial charge on any atom is -0.481 e. The van der Waals surface area contributed by atoms with Gasteiger partial charge in [-0.2, -0.15) is 0 Å². The standard InChI is InChI=1S/C19H33NO4/c1-2-3-7-12-17(21)13-8-6-11-16-20-18(22)14-9-4-5-10-15-19(23)24/h6,8,11,13,17,21H,2-5,7,9-10,12,14-16H2,1H3,(H,20,22)(H,23,24)/b11-6-,13-8+/t17-/m0/s1. The third-order valence-corrected chi connectivity index (χ3v) is 3.65. The average Bonchev–Trinajstić information content (AvgIpc) is 2.54. The highest BCUT2D eigenvalue weighted by Crippen LogP contribution is 2.05. The van der Waals surface area contributed by atoms with Gasteiger partial charge in [-0.15, -0.1) is 0 Å². The summed E-state index contributed by atoms with van der Waals surface area (Å²) in [4.78, 5) is 21.9. The summed E-state index contributed by atoms with van der Waals surface area (Å²) in [6.45, 7) is 2.62. The van der Waals surface area contributed by atoms with Crippen LogP contribution in [0.2, 0.25) is 0 Å². The van der Waals surface area contributed by atoms with Crippen LogP contribution in [0.25, 0.3) is 0 Å². The van der Waals surface area contributed by atoms with E-state index in [9.17, 15) is 14.7 Å². The van der Waals surface area contributed by atoms with E-state index in [1.165, 1.54) is 0 Å². The van der Waals surface area contributed by atoms with Crippen molar-refractivity contribution in [2.45, 2.75) is 77.2 Å². The highest BCUT2D eigenvalue weighted by atomic mass is 16.4. The molecule has 0 saturated carbocycles. The lowest BCUT2D eigenvalue weighted by Crippen LogP contribution is -2.22. The fourth-order valence-corrected chi connectivity index (χ4v) is 2.22. The van der Waals surface area contributed by atoms with Gasteiger partial charge in [0.2, 0.25) is 5.91 Å². The van der Waals surface area contributed by atoms with E-state index in [2.05, 4.69) is 12.2 Å². The molecular formula is C19H33NO4. The molecule has 1 amide bonds. The van der Waals surface area contributed by atoms with Crippen LogP contribution in [0.1, 0.15) is 71.1 Å². The van der Waals surface area contributed by atoms with Gasteiger partial charge in [-0.3, -0.25) is 9.59 Å². The minimum absolute atomic E-state index is 0.0152. The maximum atomic E-state index is 11.6. The van der Waals surface area contributed by atoms with Gasteiger partial charge in [0, 0.05) is 19.4 Å². The van der Waals surface area contributed by atoms with Crippen molar-refractivity contribution in [3.05, 3.63) is 24.3 Å². The van der Waals surface area contributed by atoms with E-state index in [0.29, 0.717) is 19.4 Å². The molecule has 0 aromatic carbocycles. The van der Waals surface area contributed by atoms with Crippen molar-refractivity contribution in [2.75, 3.05) is 6.54 Å². The van der Waals surface area contributed by atoms with Crippen molar-refractivity contribution in [1.29, 1.82) is 0 Å². The summed E-state index contributed by atoms with van der Waals surface area (Å²) >= 11 is 0. The van der Waals surface area contributed by atoms with Gasteiger partial charge >= 0.3 is 5.97 Å². The number of hydrogen-bond acceptors (Lipinski definition) is 3. The van der Waals surface area contributed by atoms with E-state index < -0.39 is 12.1 Å². The minimum atomic E-state index is -0.762. The quantitative estimate of drug-likeness (QED) is 0.314. The van der Waals surface area contributed by atoms with Crippen molar-refractivity contribution in [3.63, 3.8) is 0 Å². The zero-order valence-electron chi connectivity index (χ0n) is 14.9. The van der Waals surface area contributed by atoms with Crippen LogP contribution in [0.5, 0.6) is 0 Å². The first-order valence-corrected chi connectivity index (χ1v) is 9.06. The van der Waals surface area contributed by atoms with Gasteiger partial charge in [0.1, 0.15) is 0 Å². The average molecular weight is 339 g/mol. The van der Waals surface area contributed by atoms with Gasteiger partial charge in [0.25, 0.3) is 0 Å². The van der Waals surface area contributed by atoms with Crippen LogP contribution in [0.4, 0.5) is 0 Å². The van der Waals surface area contributed by atoms with E-state index in [0.717, 1.165) is 44.9 Å². The number of hydrogen-bond donors (Lipinski definition) is 3. The monoisotopic (exact) mass is 339 g/mol. The van der Waals surface area contributed by atoms with Crippen LogP contribution in [0, 0.1) is 0 Å². The Morgan fingerprint density at radius 3 is 2.38 bits per heavy atom. The molecule has 0 fully saturated rings. The van der Waals surface area contributed by atoms with Gasteiger partial charge in [-0.1, -0.05) is 63.3 Å². The summed E-state index contributed by atoms with van der Waals surface area (Å²) < 4.78 is 0. The smallest absolute Gasteiger partial charge is 0.303 e. The molecule has 1 atom stereocenters. The number of amides is 1. The number of rotatable bonds is 15. The second-order valence-corrected chi connectivity index (χ2v) is 5.99. The van der Waals surface area contributed by atoms with Gasteiger partial charge < -0.3 is 15.5 Å². The van der Waals surface area contributed by atoms with E-state index in [-0.39, 0.29) is 12.3 Å². The fourth-order valence-electron chi connectivity index (χ4n) is 2.22. The molecule has 5 nitrogen and oxygen atoms in total. The van der Waals surface area contributed by atoms with Gasteiger partial charge in [-0.05, 0) is 19.3 Å². The van der Waals surface area contributed by atoms with Crippen LogP contribution < -0.4 is 5.32 Å². The second kappa shape index (κ2) is 16.2. The molecule has 5 heteroatoms. The maximum absolute atomic E-state index is 11.6. The topological polar surface area (TPSA) is 86.6 Å². The third-order valence-electron chi connectivity index (χ3n) is 3.65.